The molecule has 0 aromatic carbocycles. The largest absolute Gasteiger partial charge is 0.343 e. The summed E-state index contributed by atoms with van der Waals surface area (Å²) in [7, 11) is 0. The van der Waals surface area contributed by atoms with Gasteiger partial charge >= 0.3 is 0 Å². The number of thiazole rings is 1. The molecule has 21 heavy (non-hydrogen) atoms. The lowest BCUT2D eigenvalue weighted by molar-refractivity contribution is 0.0935. The van der Waals surface area contributed by atoms with Crippen LogP contribution in [0.3, 0.4) is 0 Å². The number of nitrogens with two attached hydrogens (primary N) is 1. The van der Waals surface area contributed by atoms with Crippen molar-refractivity contribution in [3.63, 3.8) is 0 Å². The maximum atomic E-state index is 12.3. The summed E-state index contributed by atoms with van der Waals surface area (Å²) in [6.45, 7) is 5.76. The summed E-state index contributed by atoms with van der Waals surface area (Å²) < 4.78 is 0. The molecule has 0 radical (unpaired) electrons. The molecule has 1 unspecified atom stereocenters. The van der Waals surface area contributed by atoms with Gasteiger partial charge in [-0.1, -0.05) is 11.6 Å². The second-order valence-corrected chi connectivity index (χ2v) is 6.19. The van der Waals surface area contributed by atoms with Gasteiger partial charge in [0, 0.05) is 4.88 Å². The van der Waals surface area contributed by atoms with Gasteiger partial charge in [0.25, 0.3) is 5.91 Å². The van der Waals surface area contributed by atoms with Gasteiger partial charge in [0.2, 0.25) is 0 Å². The highest BCUT2D eigenvalue weighted by Gasteiger charge is 2.19. The quantitative estimate of drug-likeness (QED) is 0.593. The van der Waals surface area contributed by atoms with Crippen LogP contribution in [0.2, 0.25) is 5.02 Å². The molecule has 6 nitrogen and oxygen atoms in total. The predicted molar refractivity (Wildman–Crippen MR) is 84.5 cm³/mol. The minimum absolute atomic E-state index is 0.137. The van der Waals surface area contributed by atoms with Gasteiger partial charge < -0.3 is 10.7 Å². The molecule has 8 heteroatoms. The first kappa shape index (κ1) is 15.7. The third kappa shape index (κ3) is 3.49. The first-order valence-corrected chi connectivity index (χ1v) is 7.49. The molecular formula is C13H16ClN5OS. The zero-order chi connectivity index (χ0) is 15.6. The zero-order valence-corrected chi connectivity index (χ0v) is 13.5. The van der Waals surface area contributed by atoms with Crippen LogP contribution < -0.4 is 16.6 Å². The summed E-state index contributed by atoms with van der Waals surface area (Å²) in [5.74, 6) is 5.32. The molecule has 1 atom stereocenters. The molecule has 2 heterocycles. The average molecular weight is 326 g/mol. The van der Waals surface area contributed by atoms with Crippen molar-refractivity contribution in [2.75, 3.05) is 5.43 Å². The van der Waals surface area contributed by atoms with Gasteiger partial charge in [-0.25, -0.2) is 15.8 Å². The Morgan fingerprint density at radius 1 is 1.38 bits per heavy atom. The van der Waals surface area contributed by atoms with Crippen LogP contribution in [0.25, 0.3) is 0 Å². The minimum Gasteiger partial charge on any atom is -0.343 e. The molecule has 2 aromatic rings. The number of hydrogen-bond donors (Lipinski definition) is 3. The number of hydrogen-bond acceptors (Lipinski definition) is 6. The smallest absolute Gasteiger partial charge is 0.272 e. The summed E-state index contributed by atoms with van der Waals surface area (Å²) in [6, 6.07) is 3.00. The number of aromatic nitrogens is 2. The van der Waals surface area contributed by atoms with Crippen LogP contribution in [-0.4, -0.2) is 15.9 Å². The second-order valence-electron chi connectivity index (χ2n) is 4.55. The van der Waals surface area contributed by atoms with Crippen molar-refractivity contribution in [1.29, 1.82) is 0 Å². The van der Waals surface area contributed by atoms with Gasteiger partial charge in [0.05, 0.1) is 21.8 Å². The van der Waals surface area contributed by atoms with Gasteiger partial charge in [-0.3, -0.25) is 4.79 Å². The van der Waals surface area contributed by atoms with E-state index in [-0.39, 0.29) is 22.7 Å². The number of anilines is 1. The highest BCUT2D eigenvalue weighted by Crippen LogP contribution is 2.25. The highest BCUT2D eigenvalue weighted by atomic mass is 35.5. The molecule has 112 valence electrons. The van der Waals surface area contributed by atoms with E-state index in [1.54, 1.807) is 23.5 Å². The Kier molecular flexibility index (Phi) is 4.76. The van der Waals surface area contributed by atoms with Gasteiger partial charge in [0.1, 0.15) is 11.5 Å². The highest BCUT2D eigenvalue weighted by molar-refractivity contribution is 7.11. The lowest BCUT2D eigenvalue weighted by Gasteiger charge is -2.13. The number of amides is 1. The number of carbonyl (C=O) groups is 1. The number of nitrogens with one attached hydrogen (secondary N) is 2. The number of hydrazine groups is 1. The van der Waals surface area contributed by atoms with Crippen molar-refractivity contribution in [1.82, 2.24) is 15.3 Å². The molecule has 0 saturated carbocycles. The number of nitrogens with zero attached hydrogens (tertiary/aromatic N) is 2. The van der Waals surface area contributed by atoms with Crippen LogP contribution >= 0.6 is 22.9 Å². The van der Waals surface area contributed by atoms with E-state index in [1.165, 1.54) is 0 Å². The van der Waals surface area contributed by atoms with E-state index in [0.29, 0.717) is 5.82 Å². The summed E-state index contributed by atoms with van der Waals surface area (Å²) in [6.07, 6.45) is 0. The van der Waals surface area contributed by atoms with Crippen LogP contribution in [0.5, 0.6) is 0 Å². The number of pyridine rings is 1. The van der Waals surface area contributed by atoms with E-state index < -0.39 is 0 Å². The van der Waals surface area contributed by atoms with Gasteiger partial charge in [-0.2, -0.15) is 0 Å². The van der Waals surface area contributed by atoms with Crippen LogP contribution in [0.15, 0.2) is 12.1 Å². The molecule has 0 saturated heterocycles. The Labute approximate surface area is 131 Å². The van der Waals surface area contributed by atoms with Crippen LogP contribution in [0, 0.1) is 13.8 Å². The maximum absolute atomic E-state index is 12.3. The first-order valence-electron chi connectivity index (χ1n) is 6.30. The summed E-state index contributed by atoms with van der Waals surface area (Å²) in [4.78, 5) is 21.7. The van der Waals surface area contributed by atoms with Crippen LogP contribution in [0.4, 0.5) is 5.82 Å². The topological polar surface area (TPSA) is 92.9 Å². The normalized spacial score (nSPS) is 12.0. The molecule has 0 bridgehead atoms. The number of halogens is 1. The van der Waals surface area contributed by atoms with Crippen molar-refractivity contribution in [3.8, 4) is 0 Å². The van der Waals surface area contributed by atoms with Crippen molar-refractivity contribution in [2.24, 2.45) is 5.84 Å². The van der Waals surface area contributed by atoms with Crippen LogP contribution in [0.1, 0.15) is 39.0 Å². The van der Waals surface area contributed by atoms with E-state index in [2.05, 4.69) is 20.7 Å². The molecule has 2 aromatic heterocycles. The number of nitrogen functional groups attached to an aromatic ring is 1. The predicted octanol–water partition coefficient (Wildman–Crippen LogP) is 2.58. The molecule has 1 amide bonds. The van der Waals surface area contributed by atoms with E-state index in [4.69, 9.17) is 17.4 Å². The second kappa shape index (κ2) is 6.38. The molecule has 0 spiro atoms. The lowest BCUT2D eigenvalue weighted by Crippen LogP contribution is -2.28. The van der Waals surface area contributed by atoms with E-state index in [0.717, 1.165) is 15.6 Å². The van der Waals surface area contributed by atoms with E-state index in [1.807, 2.05) is 20.8 Å². The number of rotatable bonds is 4. The van der Waals surface area contributed by atoms with Crippen molar-refractivity contribution >= 4 is 34.7 Å². The zero-order valence-electron chi connectivity index (χ0n) is 11.9. The number of carbonyl (C=O) groups excluding carboxylic acids is 1. The standard InChI is InChI=1S/C13H16ClN5OS/c1-6-12(21-8(3)16-6)7(2)17-13(20)11-9(14)4-5-10(18-11)19-15/h4-5,7H,15H2,1-3H3,(H,17,20)(H,18,19). The molecule has 0 aliphatic heterocycles. The Morgan fingerprint density at radius 3 is 2.67 bits per heavy atom. The van der Waals surface area contributed by atoms with Crippen molar-refractivity contribution in [2.45, 2.75) is 26.8 Å². The van der Waals surface area contributed by atoms with Crippen molar-refractivity contribution in [3.05, 3.63) is 38.4 Å². The number of aryl methyl sites for hydroxylation is 2. The fourth-order valence-electron chi connectivity index (χ4n) is 1.96. The third-order valence-electron chi connectivity index (χ3n) is 2.89. The van der Waals surface area contributed by atoms with Gasteiger partial charge in [-0.15, -0.1) is 11.3 Å². The molecule has 2 rings (SSSR count). The molecule has 0 fully saturated rings. The fourth-order valence-corrected chi connectivity index (χ4v) is 3.08. The maximum Gasteiger partial charge on any atom is 0.272 e. The van der Waals surface area contributed by atoms with E-state index in [9.17, 15) is 4.79 Å². The van der Waals surface area contributed by atoms with Crippen LogP contribution in [-0.2, 0) is 0 Å². The summed E-state index contributed by atoms with van der Waals surface area (Å²) >= 11 is 7.57. The Bertz CT molecular complexity index is 673. The van der Waals surface area contributed by atoms with Gasteiger partial charge in [-0.05, 0) is 32.9 Å². The van der Waals surface area contributed by atoms with Gasteiger partial charge in [0.15, 0.2) is 0 Å². The van der Waals surface area contributed by atoms with Crippen molar-refractivity contribution < 1.29 is 4.79 Å². The molecule has 0 aliphatic rings. The first-order chi connectivity index (χ1) is 9.92. The minimum atomic E-state index is -0.352. The van der Waals surface area contributed by atoms with E-state index >= 15 is 0 Å². The molecular weight excluding hydrogens is 310 g/mol. The third-order valence-corrected chi connectivity index (χ3v) is 4.45. The Hall–Kier alpha value is -1.70. The average Bonchev–Trinajstić information content (AvgIpc) is 2.78. The monoisotopic (exact) mass is 325 g/mol. The SMILES string of the molecule is Cc1nc(C)c(C(C)NC(=O)c2nc(NN)ccc2Cl)s1. The summed E-state index contributed by atoms with van der Waals surface area (Å²) in [5.41, 5.74) is 3.44. The molecule has 4 N–H and O–H groups in total. The fraction of sp³-hybridized carbons (Fsp3) is 0.308. The summed E-state index contributed by atoms with van der Waals surface area (Å²) in [5, 5.41) is 4.12. The lowest BCUT2D eigenvalue weighted by atomic mass is 10.2. The Morgan fingerprint density at radius 2 is 2.10 bits per heavy atom. The Balaban J connectivity index is 2.20. The molecule has 0 aliphatic carbocycles.